The molecule has 1 aromatic rings. The zero-order chi connectivity index (χ0) is 14.7. The molecule has 21 heavy (non-hydrogen) atoms. The van der Waals surface area contributed by atoms with Crippen LogP contribution in [-0.4, -0.2) is 18.7 Å². The van der Waals surface area contributed by atoms with Gasteiger partial charge in [-0.1, -0.05) is 44.7 Å². The van der Waals surface area contributed by atoms with Crippen molar-refractivity contribution in [2.45, 2.75) is 64.0 Å². The summed E-state index contributed by atoms with van der Waals surface area (Å²) in [7, 11) is 0. The van der Waals surface area contributed by atoms with Gasteiger partial charge in [0, 0.05) is 17.9 Å². The second-order valence-electron chi connectivity index (χ2n) is 6.53. The lowest BCUT2D eigenvalue weighted by Gasteiger charge is -2.56. The minimum absolute atomic E-state index is 0.163. The van der Waals surface area contributed by atoms with Crippen LogP contribution in [0.2, 0.25) is 0 Å². The van der Waals surface area contributed by atoms with Gasteiger partial charge in [-0.3, -0.25) is 0 Å². The van der Waals surface area contributed by atoms with E-state index in [1.165, 1.54) is 44.6 Å². The van der Waals surface area contributed by atoms with Crippen LogP contribution in [-0.2, 0) is 0 Å². The van der Waals surface area contributed by atoms with Crippen LogP contribution in [0.25, 0.3) is 0 Å². The molecule has 0 heterocycles. The van der Waals surface area contributed by atoms with Crippen molar-refractivity contribution in [1.29, 1.82) is 0 Å². The summed E-state index contributed by atoms with van der Waals surface area (Å²) >= 11 is 0. The van der Waals surface area contributed by atoms with Gasteiger partial charge in [-0.15, -0.1) is 0 Å². The van der Waals surface area contributed by atoms with Crippen molar-refractivity contribution in [2.75, 3.05) is 6.54 Å². The number of para-hydroxylation sites is 1. The van der Waals surface area contributed by atoms with Crippen molar-refractivity contribution in [3.8, 4) is 5.75 Å². The molecule has 3 heteroatoms. The summed E-state index contributed by atoms with van der Waals surface area (Å²) in [6, 6.07) is 7.33. The van der Waals surface area contributed by atoms with E-state index in [2.05, 4.69) is 12.2 Å². The number of hydrogen-bond donors (Lipinski definition) is 1. The monoisotopic (exact) mass is 291 g/mol. The van der Waals surface area contributed by atoms with Crippen molar-refractivity contribution >= 4 is 0 Å². The minimum Gasteiger partial charge on any atom is -0.487 e. The molecule has 1 aromatic carbocycles. The van der Waals surface area contributed by atoms with Gasteiger partial charge < -0.3 is 10.1 Å². The Bertz CT molecular complexity index is 468. The Labute approximate surface area is 127 Å². The Hall–Kier alpha value is -1.09. The van der Waals surface area contributed by atoms with Crippen molar-refractivity contribution in [3.05, 3.63) is 30.1 Å². The predicted molar refractivity (Wildman–Crippen MR) is 83.0 cm³/mol. The molecule has 0 aliphatic heterocycles. The van der Waals surface area contributed by atoms with E-state index in [0.29, 0.717) is 11.8 Å². The molecule has 0 aromatic heterocycles. The van der Waals surface area contributed by atoms with E-state index in [-0.39, 0.29) is 17.3 Å². The number of ether oxygens (including phenoxy) is 1. The topological polar surface area (TPSA) is 21.3 Å². The van der Waals surface area contributed by atoms with Gasteiger partial charge in [0.1, 0.15) is 6.10 Å². The first-order valence-electron chi connectivity index (χ1n) is 8.41. The number of hydrogen-bond acceptors (Lipinski definition) is 2. The van der Waals surface area contributed by atoms with Crippen LogP contribution in [0.3, 0.4) is 0 Å². The smallest absolute Gasteiger partial charge is 0.165 e. The molecule has 1 spiro atoms. The highest BCUT2D eigenvalue weighted by molar-refractivity contribution is 5.25. The van der Waals surface area contributed by atoms with Crippen LogP contribution in [0.4, 0.5) is 4.39 Å². The maximum Gasteiger partial charge on any atom is 0.165 e. The molecule has 2 unspecified atom stereocenters. The molecule has 0 saturated heterocycles. The summed E-state index contributed by atoms with van der Waals surface area (Å²) in [5, 5.41) is 3.63. The average Bonchev–Trinajstić information content (AvgIpc) is 2.76. The number of halogens is 1. The summed E-state index contributed by atoms with van der Waals surface area (Å²) in [4.78, 5) is 0. The van der Waals surface area contributed by atoms with E-state index >= 15 is 0 Å². The van der Waals surface area contributed by atoms with Gasteiger partial charge in [0.25, 0.3) is 0 Å². The first kappa shape index (κ1) is 14.8. The van der Waals surface area contributed by atoms with Gasteiger partial charge in [0.2, 0.25) is 0 Å². The van der Waals surface area contributed by atoms with Crippen molar-refractivity contribution in [3.63, 3.8) is 0 Å². The van der Waals surface area contributed by atoms with Gasteiger partial charge in [-0.2, -0.15) is 0 Å². The predicted octanol–water partition coefficient (Wildman–Crippen LogP) is 4.30. The molecule has 116 valence electrons. The third-order valence-electron chi connectivity index (χ3n) is 5.38. The standard InChI is InChI=1S/C18H26FNO/c1-2-20-16-13-17(18(16)11-7-3-4-8-12-18)21-15-10-6-5-9-14(15)19/h5-6,9-10,16-17,20H,2-4,7-8,11-13H2,1H3. The molecule has 2 fully saturated rings. The molecule has 2 aliphatic rings. The Morgan fingerprint density at radius 1 is 1.19 bits per heavy atom. The fourth-order valence-electron chi connectivity index (χ4n) is 4.20. The maximum atomic E-state index is 13.9. The van der Waals surface area contributed by atoms with Crippen LogP contribution >= 0.6 is 0 Å². The van der Waals surface area contributed by atoms with Gasteiger partial charge in [-0.05, 0) is 31.5 Å². The maximum absolute atomic E-state index is 13.9. The van der Waals surface area contributed by atoms with Crippen LogP contribution in [0.5, 0.6) is 5.75 Å². The largest absolute Gasteiger partial charge is 0.487 e. The normalized spacial score (nSPS) is 27.9. The van der Waals surface area contributed by atoms with Gasteiger partial charge in [0.15, 0.2) is 11.6 Å². The molecule has 2 nitrogen and oxygen atoms in total. The highest BCUT2D eigenvalue weighted by atomic mass is 19.1. The number of benzene rings is 1. The van der Waals surface area contributed by atoms with E-state index in [0.717, 1.165) is 13.0 Å². The van der Waals surface area contributed by atoms with Crippen molar-refractivity contribution < 1.29 is 9.13 Å². The van der Waals surface area contributed by atoms with Gasteiger partial charge >= 0.3 is 0 Å². The molecule has 2 aliphatic carbocycles. The van der Waals surface area contributed by atoms with E-state index in [1.54, 1.807) is 12.1 Å². The Morgan fingerprint density at radius 2 is 1.90 bits per heavy atom. The Kier molecular flexibility index (Phi) is 4.48. The van der Waals surface area contributed by atoms with Crippen LogP contribution in [0, 0.1) is 11.2 Å². The van der Waals surface area contributed by atoms with Crippen LogP contribution < -0.4 is 10.1 Å². The molecular weight excluding hydrogens is 265 g/mol. The molecule has 2 saturated carbocycles. The van der Waals surface area contributed by atoms with E-state index in [1.807, 2.05) is 6.07 Å². The second-order valence-corrected chi connectivity index (χ2v) is 6.53. The highest BCUT2D eigenvalue weighted by Gasteiger charge is 2.55. The lowest BCUT2D eigenvalue weighted by Crippen LogP contribution is -2.64. The lowest BCUT2D eigenvalue weighted by atomic mass is 9.57. The molecule has 0 radical (unpaired) electrons. The van der Waals surface area contributed by atoms with E-state index < -0.39 is 0 Å². The molecule has 2 atom stereocenters. The Balaban J connectivity index is 1.76. The van der Waals surface area contributed by atoms with E-state index in [9.17, 15) is 4.39 Å². The van der Waals surface area contributed by atoms with Crippen LogP contribution in [0.1, 0.15) is 51.9 Å². The third kappa shape index (κ3) is 2.80. The number of nitrogens with one attached hydrogen (secondary N) is 1. The summed E-state index contributed by atoms with van der Waals surface area (Å²) in [5.74, 6) is 0.175. The molecule has 0 amide bonds. The summed E-state index contributed by atoms with van der Waals surface area (Å²) in [6.45, 7) is 3.16. The fourth-order valence-corrected chi connectivity index (χ4v) is 4.20. The number of rotatable bonds is 4. The Morgan fingerprint density at radius 3 is 2.57 bits per heavy atom. The summed E-state index contributed by atoms with van der Waals surface area (Å²) in [5.41, 5.74) is 0.217. The third-order valence-corrected chi connectivity index (χ3v) is 5.38. The first-order valence-corrected chi connectivity index (χ1v) is 8.41. The van der Waals surface area contributed by atoms with Crippen LogP contribution in [0.15, 0.2) is 24.3 Å². The minimum atomic E-state index is -0.242. The van der Waals surface area contributed by atoms with E-state index in [4.69, 9.17) is 4.74 Å². The first-order chi connectivity index (χ1) is 10.3. The zero-order valence-corrected chi connectivity index (χ0v) is 12.9. The molecular formula is C18H26FNO. The SMILES string of the molecule is CCNC1CC(Oc2ccccc2F)C12CCCCCC2. The highest BCUT2D eigenvalue weighted by Crippen LogP contribution is 2.52. The summed E-state index contributed by atoms with van der Waals surface area (Å²) < 4.78 is 19.9. The van der Waals surface area contributed by atoms with Gasteiger partial charge in [0.05, 0.1) is 0 Å². The molecule has 1 N–H and O–H groups in total. The second kappa shape index (κ2) is 6.35. The average molecular weight is 291 g/mol. The fraction of sp³-hybridized carbons (Fsp3) is 0.667. The zero-order valence-electron chi connectivity index (χ0n) is 12.9. The lowest BCUT2D eigenvalue weighted by molar-refractivity contribution is -0.0913. The van der Waals surface area contributed by atoms with Crippen molar-refractivity contribution in [1.82, 2.24) is 5.32 Å². The molecule has 3 rings (SSSR count). The van der Waals surface area contributed by atoms with Crippen molar-refractivity contribution in [2.24, 2.45) is 5.41 Å². The summed E-state index contributed by atoms with van der Waals surface area (Å²) in [6.07, 6.45) is 8.80. The molecule has 0 bridgehead atoms. The van der Waals surface area contributed by atoms with Gasteiger partial charge in [-0.25, -0.2) is 4.39 Å². The quantitative estimate of drug-likeness (QED) is 0.893.